The minimum Gasteiger partial charge on any atom is -0.0651 e. The minimum atomic E-state index is 0.534. The Hall–Kier alpha value is 0. The summed E-state index contributed by atoms with van der Waals surface area (Å²) < 4.78 is 0. The van der Waals surface area contributed by atoms with Gasteiger partial charge in [-0.3, -0.25) is 0 Å². The van der Waals surface area contributed by atoms with Gasteiger partial charge in [0, 0.05) is 0 Å². The van der Waals surface area contributed by atoms with Gasteiger partial charge in [-0.2, -0.15) is 0 Å². The quantitative estimate of drug-likeness (QED) is 0.517. The molecule has 0 radical (unpaired) electrons. The van der Waals surface area contributed by atoms with E-state index in [-0.39, 0.29) is 0 Å². The van der Waals surface area contributed by atoms with Gasteiger partial charge in [0.05, 0.1) is 0 Å². The molecule has 0 heterocycles. The van der Waals surface area contributed by atoms with Gasteiger partial charge in [0.2, 0.25) is 0 Å². The molecular formula is C16H34. The van der Waals surface area contributed by atoms with Crippen molar-refractivity contribution >= 4 is 0 Å². The molecule has 0 saturated carbocycles. The van der Waals surface area contributed by atoms with Crippen molar-refractivity contribution in [1.29, 1.82) is 0 Å². The van der Waals surface area contributed by atoms with Crippen LogP contribution >= 0.6 is 0 Å². The van der Waals surface area contributed by atoms with E-state index in [9.17, 15) is 0 Å². The second-order valence-corrected chi connectivity index (χ2v) is 6.72. The molecular weight excluding hydrogens is 192 g/mol. The van der Waals surface area contributed by atoms with E-state index >= 15 is 0 Å². The number of rotatable bonds is 7. The van der Waals surface area contributed by atoms with Gasteiger partial charge in [-0.15, -0.1) is 0 Å². The predicted molar refractivity (Wildman–Crippen MR) is 75.6 cm³/mol. The molecule has 0 N–H and O–H groups in total. The van der Waals surface area contributed by atoms with E-state index in [1.165, 1.54) is 19.3 Å². The summed E-state index contributed by atoms with van der Waals surface area (Å²) in [6.07, 6.45) is 4.02. The van der Waals surface area contributed by atoms with E-state index in [1.807, 2.05) is 0 Å². The fourth-order valence-electron chi connectivity index (χ4n) is 3.45. The molecule has 0 aliphatic carbocycles. The summed E-state index contributed by atoms with van der Waals surface area (Å²) in [6.45, 7) is 19.2. The van der Waals surface area contributed by atoms with Crippen molar-refractivity contribution in [2.75, 3.05) is 0 Å². The highest BCUT2D eigenvalue weighted by molar-refractivity contribution is 4.85. The summed E-state index contributed by atoms with van der Waals surface area (Å²) in [6, 6.07) is 0. The van der Waals surface area contributed by atoms with Gasteiger partial charge in [-0.1, -0.05) is 68.2 Å². The Balaban J connectivity index is 4.86. The molecule has 0 fully saturated rings. The zero-order valence-electron chi connectivity index (χ0n) is 12.9. The molecule has 0 aromatic carbocycles. The lowest BCUT2D eigenvalue weighted by molar-refractivity contribution is 0.0685. The molecule has 0 heteroatoms. The van der Waals surface area contributed by atoms with Gasteiger partial charge in [-0.25, -0.2) is 0 Å². The van der Waals surface area contributed by atoms with Crippen LogP contribution in [-0.4, -0.2) is 0 Å². The van der Waals surface area contributed by atoms with Crippen molar-refractivity contribution in [3.8, 4) is 0 Å². The molecule has 0 aromatic heterocycles. The molecule has 0 aliphatic heterocycles. The highest BCUT2D eigenvalue weighted by Crippen LogP contribution is 2.45. The van der Waals surface area contributed by atoms with Crippen LogP contribution in [0.2, 0.25) is 0 Å². The van der Waals surface area contributed by atoms with Gasteiger partial charge >= 0.3 is 0 Å². The molecule has 0 nitrogen and oxygen atoms in total. The summed E-state index contributed by atoms with van der Waals surface area (Å²) in [5.74, 6) is 3.34. The van der Waals surface area contributed by atoms with Crippen molar-refractivity contribution in [2.24, 2.45) is 29.1 Å². The average Bonchev–Trinajstić information content (AvgIpc) is 2.17. The highest BCUT2D eigenvalue weighted by atomic mass is 14.4. The Morgan fingerprint density at radius 2 is 1.44 bits per heavy atom. The first kappa shape index (κ1) is 16.0. The minimum absolute atomic E-state index is 0.534. The highest BCUT2D eigenvalue weighted by Gasteiger charge is 2.36. The molecule has 0 aliphatic rings. The third-order valence-electron chi connectivity index (χ3n) is 4.70. The van der Waals surface area contributed by atoms with E-state index in [0.29, 0.717) is 5.41 Å². The lowest BCUT2D eigenvalue weighted by Gasteiger charge is -2.43. The molecule has 0 spiro atoms. The maximum atomic E-state index is 2.51. The molecule has 0 aromatic rings. The molecule has 3 atom stereocenters. The summed E-state index contributed by atoms with van der Waals surface area (Å²) in [5.41, 5.74) is 0.534. The molecule has 3 unspecified atom stereocenters. The zero-order chi connectivity index (χ0) is 12.9. The zero-order valence-corrected chi connectivity index (χ0v) is 12.9. The van der Waals surface area contributed by atoms with E-state index in [2.05, 4.69) is 55.4 Å². The monoisotopic (exact) mass is 226 g/mol. The summed E-state index contributed by atoms with van der Waals surface area (Å²) in [5, 5.41) is 0. The van der Waals surface area contributed by atoms with Crippen molar-refractivity contribution in [3.63, 3.8) is 0 Å². The van der Waals surface area contributed by atoms with Crippen LogP contribution in [0.4, 0.5) is 0 Å². The standard InChI is InChI=1S/C16H34/c1-9-15(14(7)13(5)6)16(8,10-2)11-12(3)4/h12-15H,9-11H2,1-8H3. The normalized spacial score (nSPS) is 19.9. The van der Waals surface area contributed by atoms with E-state index in [4.69, 9.17) is 0 Å². The van der Waals surface area contributed by atoms with Crippen molar-refractivity contribution in [3.05, 3.63) is 0 Å². The number of hydrogen-bond acceptors (Lipinski definition) is 0. The van der Waals surface area contributed by atoms with Gasteiger partial charge in [0.25, 0.3) is 0 Å². The third-order valence-corrected chi connectivity index (χ3v) is 4.70. The number of hydrogen-bond donors (Lipinski definition) is 0. The molecule has 0 bridgehead atoms. The molecule has 0 amide bonds. The van der Waals surface area contributed by atoms with Gasteiger partial charge < -0.3 is 0 Å². The second-order valence-electron chi connectivity index (χ2n) is 6.72. The van der Waals surface area contributed by atoms with Crippen LogP contribution < -0.4 is 0 Å². The van der Waals surface area contributed by atoms with E-state index in [1.54, 1.807) is 0 Å². The smallest absolute Gasteiger partial charge is 0.0295 e. The molecule has 16 heavy (non-hydrogen) atoms. The summed E-state index contributed by atoms with van der Waals surface area (Å²) in [4.78, 5) is 0. The van der Waals surface area contributed by atoms with Crippen LogP contribution in [0.25, 0.3) is 0 Å². The lowest BCUT2D eigenvalue weighted by Crippen LogP contribution is -2.34. The van der Waals surface area contributed by atoms with Crippen LogP contribution in [0.15, 0.2) is 0 Å². The summed E-state index contributed by atoms with van der Waals surface area (Å²) in [7, 11) is 0. The fourth-order valence-corrected chi connectivity index (χ4v) is 3.45. The van der Waals surface area contributed by atoms with Crippen LogP contribution in [0.5, 0.6) is 0 Å². The lowest BCUT2D eigenvalue weighted by atomic mass is 9.62. The SMILES string of the molecule is CCC(C(C)C(C)C)C(C)(CC)CC(C)C. The topological polar surface area (TPSA) is 0 Å². The maximum absolute atomic E-state index is 2.51. The van der Waals surface area contributed by atoms with Gasteiger partial charge in [0.1, 0.15) is 0 Å². The van der Waals surface area contributed by atoms with Gasteiger partial charge in [-0.05, 0) is 35.5 Å². The Bertz CT molecular complexity index is 180. The third kappa shape index (κ3) is 4.11. The molecule has 0 rings (SSSR count). The first-order chi connectivity index (χ1) is 7.28. The first-order valence-corrected chi connectivity index (χ1v) is 7.28. The van der Waals surface area contributed by atoms with E-state index in [0.717, 1.165) is 23.7 Å². The van der Waals surface area contributed by atoms with Crippen LogP contribution in [0, 0.1) is 29.1 Å². The maximum Gasteiger partial charge on any atom is -0.0295 e. The predicted octanol–water partition coefficient (Wildman–Crippen LogP) is 5.77. The molecule has 98 valence electrons. The van der Waals surface area contributed by atoms with Gasteiger partial charge in [0.15, 0.2) is 0 Å². The Morgan fingerprint density at radius 3 is 1.69 bits per heavy atom. The average molecular weight is 226 g/mol. The Labute approximate surface area is 104 Å². The largest absolute Gasteiger partial charge is 0.0651 e. The summed E-state index contributed by atoms with van der Waals surface area (Å²) >= 11 is 0. The Kier molecular flexibility index (Phi) is 6.67. The van der Waals surface area contributed by atoms with Crippen molar-refractivity contribution in [1.82, 2.24) is 0 Å². The van der Waals surface area contributed by atoms with Crippen LogP contribution in [0.3, 0.4) is 0 Å². The van der Waals surface area contributed by atoms with Crippen molar-refractivity contribution in [2.45, 2.75) is 74.7 Å². The van der Waals surface area contributed by atoms with E-state index < -0.39 is 0 Å². The first-order valence-electron chi connectivity index (χ1n) is 7.28. The van der Waals surface area contributed by atoms with Crippen molar-refractivity contribution < 1.29 is 0 Å². The van der Waals surface area contributed by atoms with Crippen LogP contribution in [-0.2, 0) is 0 Å². The van der Waals surface area contributed by atoms with Crippen LogP contribution in [0.1, 0.15) is 74.7 Å². The second kappa shape index (κ2) is 6.67. The fraction of sp³-hybridized carbons (Fsp3) is 1.00. The Morgan fingerprint density at radius 1 is 0.938 bits per heavy atom. The molecule has 0 saturated heterocycles.